The summed E-state index contributed by atoms with van der Waals surface area (Å²) in [5.74, 6) is -2.61. The number of nitrogens with zero attached hydrogens (tertiary/aromatic N) is 1. The molecule has 1 fully saturated rings. The van der Waals surface area contributed by atoms with Crippen LogP contribution in [0.2, 0.25) is 0 Å². The monoisotopic (exact) mass is 413 g/mol. The SMILES string of the molecule is CC[C@@]1(C)NC(=O)N(CC(=O)O[C@@H](C)C(=O)Nc2ccccc2OC(F)F)C1=O. The van der Waals surface area contributed by atoms with Crippen LogP contribution in [-0.4, -0.2) is 53.5 Å². The maximum absolute atomic E-state index is 12.4. The average molecular weight is 413 g/mol. The molecule has 1 aromatic carbocycles. The lowest BCUT2D eigenvalue weighted by molar-refractivity contribution is -0.155. The fraction of sp³-hybridized carbons (Fsp3) is 0.444. The van der Waals surface area contributed by atoms with Gasteiger partial charge in [-0.3, -0.25) is 19.3 Å². The largest absolute Gasteiger partial charge is 0.451 e. The summed E-state index contributed by atoms with van der Waals surface area (Å²) in [7, 11) is 0. The number of carbonyl (C=O) groups is 4. The molecular formula is C18H21F2N3O6. The number of halogens is 2. The maximum atomic E-state index is 12.4. The van der Waals surface area contributed by atoms with Gasteiger partial charge in [0.1, 0.15) is 17.8 Å². The Hall–Kier alpha value is -3.24. The van der Waals surface area contributed by atoms with Gasteiger partial charge in [-0.25, -0.2) is 4.79 Å². The number of imide groups is 1. The van der Waals surface area contributed by atoms with E-state index in [9.17, 15) is 28.0 Å². The van der Waals surface area contributed by atoms with E-state index >= 15 is 0 Å². The molecule has 1 aliphatic rings. The lowest BCUT2D eigenvalue weighted by Crippen LogP contribution is -2.44. The Kier molecular flexibility index (Phi) is 6.72. The fourth-order valence-electron chi connectivity index (χ4n) is 2.55. The highest BCUT2D eigenvalue weighted by Crippen LogP contribution is 2.26. The first-order valence-electron chi connectivity index (χ1n) is 8.75. The second kappa shape index (κ2) is 8.84. The van der Waals surface area contributed by atoms with Gasteiger partial charge in [0.15, 0.2) is 6.10 Å². The Morgan fingerprint density at radius 2 is 1.93 bits per heavy atom. The molecule has 0 aliphatic carbocycles. The van der Waals surface area contributed by atoms with Crippen LogP contribution in [0.1, 0.15) is 27.2 Å². The summed E-state index contributed by atoms with van der Waals surface area (Å²) in [5.41, 5.74) is -1.14. The van der Waals surface area contributed by atoms with E-state index in [4.69, 9.17) is 4.74 Å². The van der Waals surface area contributed by atoms with Crippen LogP contribution in [-0.2, 0) is 19.1 Å². The van der Waals surface area contributed by atoms with E-state index in [0.29, 0.717) is 11.3 Å². The van der Waals surface area contributed by atoms with Gasteiger partial charge in [-0.05, 0) is 32.4 Å². The first kappa shape index (κ1) is 22.1. The summed E-state index contributed by atoms with van der Waals surface area (Å²) < 4.78 is 34.1. The third-order valence-electron chi connectivity index (χ3n) is 4.38. The molecule has 0 spiro atoms. The molecule has 0 bridgehead atoms. The van der Waals surface area contributed by atoms with Gasteiger partial charge < -0.3 is 20.1 Å². The van der Waals surface area contributed by atoms with Crippen LogP contribution in [0, 0.1) is 0 Å². The molecule has 9 nitrogen and oxygen atoms in total. The second-order valence-corrected chi connectivity index (χ2v) is 6.50. The van der Waals surface area contributed by atoms with E-state index in [2.05, 4.69) is 15.4 Å². The lowest BCUT2D eigenvalue weighted by atomic mass is 9.99. The van der Waals surface area contributed by atoms with Crippen molar-refractivity contribution in [3.05, 3.63) is 24.3 Å². The maximum Gasteiger partial charge on any atom is 0.387 e. The predicted molar refractivity (Wildman–Crippen MR) is 96.2 cm³/mol. The van der Waals surface area contributed by atoms with Gasteiger partial charge in [0.2, 0.25) is 0 Å². The van der Waals surface area contributed by atoms with Crippen molar-refractivity contribution in [1.29, 1.82) is 0 Å². The predicted octanol–water partition coefficient (Wildman–Crippen LogP) is 1.88. The number of benzene rings is 1. The summed E-state index contributed by atoms with van der Waals surface area (Å²) in [6.45, 7) is 0.755. The van der Waals surface area contributed by atoms with Gasteiger partial charge in [0.25, 0.3) is 11.8 Å². The third-order valence-corrected chi connectivity index (χ3v) is 4.38. The van der Waals surface area contributed by atoms with E-state index in [1.807, 2.05) is 0 Å². The number of ether oxygens (including phenoxy) is 2. The summed E-state index contributed by atoms with van der Waals surface area (Å²) in [6.07, 6.45) is -0.984. The van der Waals surface area contributed by atoms with Crippen molar-refractivity contribution in [2.75, 3.05) is 11.9 Å². The Balaban J connectivity index is 1.96. The minimum atomic E-state index is -3.08. The zero-order valence-electron chi connectivity index (χ0n) is 16.0. The topological polar surface area (TPSA) is 114 Å². The van der Waals surface area contributed by atoms with Gasteiger partial charge >= 0.3 is 18.6 Å². The Morgan fingerprint density at radius 1 is 1.28 bits per heavy atom. The summed E-state index contributed by atoms with van der Waals surface area (Å²) in [6, 6.07) is 4.78. The van der Waals surface area contributed by atoms with E-state index in [0.717, 1.165) is 0 Å². The van der Waals surface area contributed by atoms with E-state index < -0.39 is 48.6 Å². The number of para-hydroxylation sites is 2. The van der Waals surface area contributed by atoms with Crippen LogP contribution >= 0.6 is 0 Å². The number of hydrogen-bond donors (Lipinski definition) is 2. The number of carbonyl (C=O) groups excluding carboxylic acids is 4. The van der Waals surface area contributed by atoms with E-state index in [1.165, 1.54) is 38.1 Å². The highest BCUT2D eigenvalue weighted by atomic mass is 19.3. The summed E-state index contributed by atoms with van der Waals surface area (Å²) >= 11 is 0. The Labute approximate surface area is 165 Å². The molecule has 1 aliphatic heterocycles. The third kappa shape index (κ3) is 5.18. The van der Waals surface area contributed by atoms with E-state index in [-0.39, 0.29) is 11.4 Å². The number of rotatable bonds is 8. The highest BCUT2D eigenvalue weighted by molar-refractivity contribution is 6.08. The fourth-order valence-corrected chi connectivity index (χ4v) is 2.55. The van der Waals surface area contributed by atoms with Crippen LogP contribution in [0.25, 0.3) is 0 Å². The lowest BCUT2D eigenvalue weighted by Gasteiger charge is -2.19. The molecule has 0 aromatic heterocycles. The van der Waals surface area contributed by atoms with Crippen molar-refractivity contribution in [3.8, 4) is 5.75 Å². The molecule has 1 aromatic rings. The number of urea groups is 1. The molecular weight excluding hydrogens is 392 g/mol. The van der Waals surface area contributed by atoms with Crippen molar-refractivity contribution in [2.45, 2.75) is 45.4 Å². The Bertz CT molecular complexity index is 819. The molecule has 11 heteroatoms. The molecule has 158 valence electrons. The highest BCUT2D eigenvalue weighted by Gasteiger charge is 2.47. The zero-order chi connectivity index (χ0) is 21.8. The molecule has 0 unspecified atom stereocenters. The van der Waals surface area contributed by atoms with Gasteiger partial charge in [0.05, 0.1) is 5.69 Å². The van der Waals surface area contributed by atoms with Crippen molar-refractivity contribution < 1.29 is 37.4 Å². The minimum Gasteiger partial charge on any atom is -0.451 e. The van der Waals surface area contributed by atoms with Crippen molar-refractivity contribution in [1.82, 2.24) is 10.2 Å². The molecule has 2 N–H and O–H groups in total. The van der Waals surface area contributed by atoms with Crippen molar-refractivity contribution in [3.63, 3.8) is 0 Å². The minimum absolute atomic E-state index is 0.0338. The molecule has 1 heterocycles. The van der Waals surface area contributed by atoms with Crippen LogP contribution in [0.15, 0.2) is 24.3 Å². The number of hydrogen-bond acceptors (Lipinski definition) is 6. The van der Waals surface area contributed by atoms with Gasteiger partial charge in [0, 0.05) is 0 Å². The molecule has 29 heavy (non-hydrogen) atoms. The zero-order valence-corrected chi connectivity index (χ0v) is 16.0. The quantitative estimate of drug-likeness (QED) is 0.497. The Morgan fingerprint density at radius 3 is 2.52 bits per heavy atom. The second-order valence-electron chi connectivity index (χ2n) is 6.50. The van der Waals surface area contributed by atoms with Gasteiger partial charge in [-0.2, -0.15) is 8.78 Å². The number of anilines is 1. The number of alkyl halides is 2. The average Bonchev–Trinajstić information content (AvgIpc) is 2.86. The number of esters is 1. The van der Waals surface area contributed by atoms with Crippen molar-refractivity contribution in [2.24, 2.45) is 0 Å². The van der Waals surface area contributed by atoms with Crippen LogP contribution in [0.4, 0.5) is 19.3 Å². The number of amides is 4. The summed E-state index contributed by atoms with van der Waals surface area (Å²) in [4.78, 5) is 49.2. The first-order chi connectivity index (χ1) is 13.6. The molecule has 2 rings (SSSR count). The van der Waals surface area contributed by atoms with Gasteiger partial charge in [-0.15, -0.1) is 0 Å². The molecule has 0 saturated carbocycles. The van der Waals surface area contributed by atoms with E-state index in [1.54, 1.807) is 6.92 Å². The van der Waals surface area contributed by atoms with Crippen LogP contribution < -0.4 is 15.4 Å². The molecule has 1 saturated heterocycles. The summed E-state index contributed by atoms with van der Waals surface area (Å²) in [5, 5.41) is 4.81. The molecule has 4 amide bonds. The van der Waals surface area contributed by atoms with Crippen molar-refractivity contribution >= 4 is 29.5 Å². The normalized spacial score (nSPS) is 19.7. The smallest absolute Gasteiger partial charge is 0.387 e. The number of nitrogens with one attached hydrogen (secondary N) is 2. The molecule has 2 atom stereocenters. The standard InChI is InChI=1S/C18H21F2N3O6/c1-4-18(3)15(26)23(17(27)22-18)9-13(24)28-10(2)14(25)21-11-7-5-6-8-12(11)29-16(19)20/h5-8,10,16H,4,9H2,1-3H3,(H,21,25)(H,22,27)/t10-,18+/m0/s1. The first-order valence-corrected chi connectivity index (χ1v) is 8.75. The molecule has 0 radical (unpaired) electrons. The van der Waals surface area contributed by atoms with Crippen LogP contribution in [0.3, 0.4) is 0 Å². The van der Waals surface area contributed by atoms with Gasteiger partial charge in [-0.1, -0.05) is 19.1 Å². The van der Waals surface area contributed by atoms with Crippen LogP contribution in [0.5, 0.6) is 5.75 Å².